The molecule has 1 aromatic rings. The van der Waals surface area contributed by atoms with Crippen LogP contribution in [0.1, 0.15) is 17.2 Å². The molecule has 76 valence electrons. The maximum atomic E-state index is 12.7. The second kappa shape index (κ2) is 3.95. The summed E-state index contributed by atoms with van der Waals surface area (Å²) in [5, 5.41) is 2.84. The average Bonchev–Trinajstić information content (AvgIpc) is 2.17. The molecule has 1 atom stereocenters. The van der Waals surface area contributed by atoms with Crippen molar-refractivity contribution < 1.29 is 8.78 Å². The van der Waals surface area contributed by atoms with Crippen LogP contribution in [0.5, 0.6) is 0 Å². The zero-order chi connectivity index (χ0) is 10.1. The third-order valence-corrected chi connectivity index (χ3v) is 3.16. The van der Waals surface area contributed by atoms with Gasteiger partial charge in [-0.3, -0.25) is 0 Å². The van der Waals surface area contributed by atoms with Crippen LogP contribution in [0.15, 0.2) is 22.7 Å². The first kappa shape index (κ1) is 10.1. The molecule has 1 N–H and O–H groups in total. The molecular formula is C10H10BrF2N. The normalized spacial score (nSPS) is 21.0. The van der Waals surface area contributed by atoms with Crippen LogP contribution >= 0.6 is 15.9 Å². The smallest absolute Gasteiger partial charge is 0.257 e. The van der Waals surface area contributed by atoms with Gasteiger partial charge >= 0.3 is 0 Å². The summed E-state index contributed by atoms with van der Waals surface area (Å²) in [5.74, 6) is 0. The van der Waals surface area contributed by atoms with E-state index in [0.29, 0.717) is 12.1 Å². The molecular weight excluding hydrogens is 252 g/mol. The quantitative estimate of drug-likeness (QED) is 0.820. The maximum absolute atomic E-state index is 12.7. The van der Waals surface area contributed by atoms with Crippen molar-refractivity contribution >= 4 is 15.9 Å². The van der Waals surface area contributed by atoms with Gasteiger partial charge in [0.1, 0.15) is 0 Å². The van der Waals surface area contributed by atoms with E-state index >= 15 is 0 Å². The molecule has 1 aliphatic heterocycles. The van der Waals surface area contributed by atoms with Crippen LogP contribution in [0.4, 0.5) is 8.78 Å². The molecule has 0 bridgehead atoms. The number of alkyl halides is 2. The number of hydrogen-bond acceptors (Lipinski definition) is 1. The standard InChI is InChI=1S/C10H10BrF2N/c11-7-3-1-2-6-4-5-14-9(8(6)7)10(12)13/h1-3,9-10,14H,4-5H2. The summed E-state index contributed by atoms with van der Waals surface area (Å²) >= 11 is 3.32. The number of halogens is 3. The molecule has 1 aliphatic rings. The highest BCUT2D eigenvalue weighted by molar-refractivity contribution is 9.10. The molecule has 1 aromatic carbocycles. The lowest BCUT2D eigenvalue weighted by Crippen LogP contribution is -2.34. The molecule has 14 heavy (non-hydrogen) atoms. The minimum Gasteiger partial charge on any atom is -0.305 e. The van der Waals surface area contributed by atoms with E-state index in [0.717, 1.165) is 16.5 Å². The molecule has 1 nitrogen and oxygen atoms in total. The Balaban J connectivity index is 2.47. The SMILES string of the molecule is FC(F)C1NCCc2cccc(Br)c21. The number of fused-ring (bicyclic) bond motifs is 1. The second-order valence-electron chi connectivity index (χ2n) is 3.33. The van der Waals surface area contributed by atoms with E-state index in [1.807, 2.05) is 12.1 Å². The topological polar surface area (TPSA) is 12.0 Å². The van der Waals surface area contributed by atoms with Crippen molar-refractivity contribution in [3.63, 3.8) is 0 Å². The van der Waals surface area contributed by atoms with Gasteiger partial charge in [-0.1, -0.05) is 28.1 Å². The fourth-order valence-corrected chi connectivity index (χ4v) is 2.48. The average molecular weight is 262 g/mol. The highest BCUT2D eigenvalue weighted by Crippen LogP contribution is 2.33. The van der Waals surface area contributed by atoms with Crippen LogP contribution in [-0.2, 0) is 6.42 Å². The minimum atomic E-state index is -2.35. The van der Waals surface area contributed by atoms with E-state index in [4.69, 9.17) is 0 Å². The minimum absolute atomic E-state index is 0.623. The number of hydrogen-bond donors (Lipinski definition) is 1. The highest BCUT2D eigenvalue weighted by atomic mass is 79.9. The number of benzene rings is 1. The van der Waals surface area contributed by atoms with Gasteiger partial charge in [-0.15, -0.1) is 0 Å². The van der Waals surface area contributed by atoms with Gasteiger partial charge in [0.15, 0.2) is 0 Å². The fourth-order valence-electron chi connectivity index (χ4n) is 1.83. The van der Waals surface area contributed by atoms with E-state index in [-0.39, 0.29) is 0 Å². The second-order valence-corrected chi connectivity index (χ2v) is 4.18. The van der Waals surface area contributed by atoms with Crippen molar-refractivity contribution in [3.8, 4) is 0 Å². The van der Waals surface area contributed by atoms with Crippen LogP contribution in [-0.4, -0.2) is 13.0 Å². The molecule has 0 amide bonds. The maximum Gasteiger partial charge on any atom is 0.257 e. The van der Waals surface area contributed by atoms with E-state index < -0.39 is 12.5 Å². The van der Waals surface area contributed by atoms with Gasteiger partial charge in [-0.25, -0.2) is 8.78 Å². The lowest BCUT2D eigenvalue weighted by Gasteiger charge is -2.27. The molecule has 4 heteroatoms. The largest absolute Gasteiger partial charge is 0.305 e. The zero-order valence-electron chi connectivity index (χ0n) is 7.43. The van der Waals surface area contributed by atoms with Crippen LogP contribution in [0, 0.1) is 0 Å². The van der Waals surface area contributed by atoms with E-state index in [2.05, 4.69) is 21.2 Å². The molecule has 0 radical (unpaired) electrons. The van der Waals surface area contributed by atoms with Crippen LogP contribution in [0.3, 0.4) is 0 Å². The summed E-state index contributed by atoms with van der Waals surface area (Å²) in [4.78, 5) is 0. The van der Waals surface area contributed by atoms with Crippen molar-refractivity contribution in [2.24, 2.45) is 0 Å². The third-order valence-electron chi connectivity index (χ3n) is 2.46. The van der Waals surface area contributed by atoms with E-state index in [9.17, 15) is 8.78 Å². The zero-order valence-corrected chi connectivity index (χ0v) is 9.02. The molecule has 0 aromatic heterocycles. The van der Waals surface area contributed by atoms with Gasteiger partial charge in [0.25, 0.3) is 6.43 Å². The summed E-state index contributed by atoms with van der Waals surface area (Å²) in [6, 6.07) is 4.78. The van der Waals surface area contributed by atoms with Crippen molar-refractivity contribution in [1.82, 2.24) is 5.32 Å². The molecule has 2 rings (SSSR count). The number of rotatable bonds is 1. The monoisotopic (exact) mass is 261 g/mol. The third kappa shape index (κ3) is 1.68. The Bertz CT molecular complexity index is 341. The van der Waals surface area contributed by atoms with Gasteiger partial charge in [0.05, 0.1) is 6.04 Å². The first-order chi connectivity index (χ1) is 6.70. The van der Waals surface area contributed by atoms with Crippen molar-refractivity contribution in [1.29, 1.82) is 0 Å². The molecule has 0 spiro atoms. The summed E-state index contributed by atoms with van der Waals surface area (Å²) in [6.45, 7) is 0.623. The Morgan fingerprint density at radius 3 is 2.93 bits per heavy atom. The molecule has 1 unspecified atom stereocenters. The summed E-state index contributed by atoms with van der Waals surface area (Å²) < 4.78 is 26.2. The Morgan fingerprint density at radius 1 is 1.43 bits per heavy atom. The molecule has 0 saturated carbocycles. The van der Waals surface area contributed by atoms with Crippen molar-refractivity contribution in [3.05, 3.63) is 33.8 Å². The van der Waals surface area contributed by atoms with E-state index in [1.54, 1.807) is 6.07 Å². The van der Waals surface area contributed by atoms with Crippen LogP contribution in [0.25, 0.3) is 0 Å². The van der Waals surface area contributed by atoms with Gasteiger partial charge < -0.3 is 5.32 Å². The summed E-state index contributed by atoms with van der Waals surface area (Å²) in [6.07, 6.45) is -1.54. The van der Waals surface area contributed by atoms with Gasteiger partial charge in [-0.05, 0) is 30.2 Å². The highest BCUT2D eigenvalue weighted by Gasteiger charge is 2.28. The lowest BCUT2D eigenvalue weighted by molar-refractivity contribution is 0.0951. The summed E-state index contributed by atoms with van der Waals surface area (Å²) in [7, 11) is 0. The first-order valence-corrected chi connectivity index (χ1v) is 5.28. The van der Waals surface area contributed by atoms with Gasteiger partial charge in [-0.2, -0.15) is 0 Å². The van der Waals surface area contributed by atoms with E-state index in [1.165, 1.54) is 0 Å². The fraction of sp³-hybridized carbons (Fsp3) is 0.400. The predicted molar refractivity (Wildman–Crippen MR) is 54.6 cm³/mol. The molecule has 0 aliphatic carbocycles. The summed E-state index contributed by atoms with van der Waals surface area (Å²) in [5.41, 5.74) is 1.73. The number of nitrogens with one attached hydrogen (secondary N) is 1. The Kier molecular flexibility index (Phi) is 2.83. The Labute approximate surface area is 89.6 Å². The van der Waals surface area contributed by atoms with Gasteiger partial charge in [0.2, 0.25) is 0 Å². The van der Waals surface area contributed by atoms with Crippen LogP contribution < -0.4 is 5.32 Å². The van der Waals surface area contributed by atoms with Gasteiger partial charge in [0, 0.05) is 4.47 Å². The Morgan fingerprint density at radius 2 is 2.21 bits per heavy atom. The van der Waals surface area contributed by atoms with Crippen molar-refractivity contribution in [2.45, 2.75) is 18.9 Å². The molecule has 0 saturated heterocycles. The molecule has 1 heterocycles. The lowest BCUT2D eigenvalue weighted by atomic mass is 9.95. The van der Waals surface area contributed by atoms with Crippen LogP contribution in [0.2, 0.25) is 0 Å². The van der Waals surface area contributed by atoms with Crippen molar-refractivity contribution in [2.75, 3.05) is 6.54 Å². The molecule has 0 fully saturated rings. The first-order valence-electron chi connectivity index (χ1n) is 4.49. The predicted octanol–water partition coefficient (Wildman–Crippen LogP) is 2.90. The Hall–Kier alpha value is -0.480.